The zero-order valence-corrected chi connectivity index (χ0v) is 18.1. The van der Waals surface area contributed by atoms with Crippen LogP contribution < -0.4 is 5.32 Å². The largest absolute Gasteiger partial charge is 0.356 e. The molecule has 0 bridgehead atoms. The second-order valence-corrected chi connectivity index (χ2v) is 9.27. The first-order valence-electron chi connectivity index (χ1n) is 11.9. The molecule has 0 aromatic carbocycles. The summed E-state index contributed by atoms with van der Waals surface area (Å²) < 4.78 is 0. The van der Waals surface area contributed by atoms with Gasteiger partial charge in [0, 0.05) is 50.5 Å². The van der Waals surface area contributed by atoms with Gasteiger partial charge >= 0.3 is 0 Å². The Morgan fingerprint density at radius 1 is 1.07 bits per heavy atom. The Kier molecular flexibility index (Phi) is 7.37. The zero-order valence-electron chi connectivity index (χ0n) is 18.1. The maximum Gasteiger partial charge on any atom is 0.225 e. The van der Waals surface area contributed by atoms with Crippen molar-refractivity contribution in [1.29, 1.82) is 0 Å². The molecular formula is C24H36N4O2. The summed E-state index contributed by atoms with van der Waals surface area (Å²) in [6.07, 6.45) is 13.4. The number of likely N-dealkylation sites (tertiary alicyclic amines) is 1. The molecule has 1 aromatic rings. The molecule has 3 fully saturated rings. The second-order valence-electron chi connectivity index (χ2n) is 9.27. The van der Waals surface area contributed by atoms with Gasteiger partial charge in [0.25, 0.3) is 0 Å². The minimum absolute atomic E-state index is 0.0461. The summed E-state index contributed by atoms with van der Waals surface area (Å²) >= 11 is 0. The van der Waals surface area contributed by atoms with Crippen molar-refractivity contribution in [3.05, 3.63) is 30.1 Å². The number of amides is 2. The van der Waals surface area contributed by atoms with Crippen molar-refractivity contribution in [2.45, 2.75) is 70.4 Å². The third-order valence-electron chi connectivity index (χ3n) is 7.18. The summed E-state index contributed by atoms with van der Waals surface area (Å²) in [5.41, 5.74) is 1.17. The third kappa shape index (κ3) is 5.20. The summed E-state index contributed by atoms with van der Waals surface area (Å²) in [7, 11) is 0. The molecular weight excluding hydrogens is 376 g/mol. The highest BCUT2D eigenvalue weighted by Crippen LogP contribution is 2.30. The van der Waals surface area contributed by atoms with Crippen molar-refractivity contribution in [2.24, 2.45) is 11.8 Å². The number of fused-ring (bicyclic) bond motifs is 1. The SMILES string of the molecule is O=C1NCCCCCN(Cc2cccnc2)[C@@H]2CN(C(=O)C3CCCCC3)CC[C@@H]12. The smallest absolute Gasteiger partial charge is 0.225 e. The van der Waals surface area contributed by atoms with E-state index in [0.29, 0.717) is 19.0 Å². The van der Waals surface area contributed by atoms with Gasteiger partial charge in [-0.05, 0) is 50.3 Å². The zero-order chi connectivity index (χ0) is 20.8. The van der Waals surface area contributed by atoms with E-state index in [2.05, 4.69) is 26.2 Å². The molecule has 1 aromatic heterocycles. The van der Waals surface area contributed by atoms with Crippen molar-refractivity contribution in [1.82, 2.24) is 20.1 Å². The van der Waals surface area contributed by atoms with E-state index in [1.54, 1.807) is 6.20 Å². The van der Waals surface area contributed by atoms with Gasteiger partial charge in [0.15, 0.2) is 0 Å². The van der Waals surface area contributed by atoms with E-state index in [-0.39, 0.29) is 23.8 Å². The molecule has 2 amide bonds. The number of carbonyl (C=O) groups excluding carboxylic acids is 2. The van der Waals surface area contributed by atoms with E-state index in [4.69, 9.17) is 0 Å². The van der Waals surface area contributed by atoms with Gasteiger partial charge in [0.2, 0.25) is 11.8 Å². The summed E-state index contributed by atoms with van der Waals surface area (Å²) in [5, 5.41) is 3.16. The first-order chi connectivity index (χ1) is 14.7. The number of pyridine rings is 1. The average molecular weight is 413 g/mol. The Hall–Kier alpha value is -1.95. The summed E-state index contributed by atoms with van der Waals surface area (Å²) in [5.74, 6) is 0.639. The van der Waals surface area contributed by atoms with E-state index in [0.717, 1.165) is 58.2 Å². The number of nitrogens with one attached hydrogen (secondary N) is 1. The normalized spacial score (nSPS) is 27.2. The van der Waals surface area contributed by atoms with Gasteiger partial charge in [-0.1, -0.05) is 31.7 Å². The predicted octanol–water partition coefficient (Wildman–Crippen LogP) is 2.98. The third-order valence-corrected chi connectivity index (χ3v) is 7.18. The number of aromatic nitrogens is 1. The molecule has 1 aliphatic carbocycles. The fraction of sp³-hybridized carbons (Fsp3) is 0.708. The molecule has 6 nitrogen and oxygen atoms in total. The molecule has 0 unspecified atom stereocenters. The maximum atomic E-state index is 13.2. The molecule has 6 heteroatoms. The van der Waals surface area contributed by atoms with Crippen LogP contribution in [0.1, 0.15) is 63.4 Å². The molecule has 1 saturated carbocycles. The average Bonchev–Trinajstić information content (AvgIpc) is 2.80. The predicted molar refractivity (Wildman–Crippen MR) is 117 cm³/mol. The van der Waals surface area contributed by atoms with E-state index in [1.165, 1.54) is 24.8 Å². The fourth-order valence-electron chi connectivity index (χ4n) is 5.46. The first kappa shape index (κ1) is 21.3. The Morgan fingerprint density at radius 3 is 2.70 bits per heavy atom. The quantitative estimate of drug-likeness (QED) is 0.829. The highest BCUT2D eigenvalue weighted by Gasteiger charge is 2.40. The van der Waals surface area contributed by atoms with Gasteiger partial charge in [0.05, 0.1) is 5.92 Å². The van der Waals surface area contributed by atoms with Crippen LogP contribution in [0, 0.1) is 11.8 Å². The van der Waals surface area contributed by atoms with Gasteiger partial charge in [-0.3, -0.25) is 19.5 Å². The minimum Gasteiger partial charge on any atom is -0.356 e. The summed E-state index contributed by atoms with van der Waals surface area (Å²) in [4.78, 5) is 35.0. The molecule has 2 aliphatic heterocycles. The first-order valence-corrected chi connectivity index (χ1v) is 11.9. The van der Waals surface area contributed by atoms with Crippen LogP contribution in [-0.2, 0) is 16.1 Å². The number of carbonyl (C=O) groups is 2. The van der Waals surface area contributed by atoms with Crippen LogP contribution in [-0.4, -0.2) is 58.8 Å². The van der Waals surface area contributed by atoms with Crippen LogP contribution >= 0.6 is 0 Å². The van der Waals surface area contributed by atoms with Crippen LogP contribution in [0.4, 0.5) is 0 Å². The van der Waals surface area contributed by atoms with Gasteiger partial charge in [-0.15, -0.1) is 0 Å². The van der Waals surface area contributed by atoms with Gasteiger partial charge in [-0.25, -0.2) is 0 Å². The van der Waals surface area contributed by atoms with E-state index in [9.17, 15) is 9.59 Å². The summed E-state index contributed by atoms with van der Waals surface area (Å²) in [6, 6.07) is 4.15. The van der Waals surface area contributed by atoms with Crippen LogP contribution in [0.25, 0.3) is 0 Å². The Labute approximate surface area is 180 Å². The number of piperidine rings is 1. The highest BCUT2D eigenvalue weighted by atomic mass is 16.2. The lowest BCUT2D eigenvalue weighted by Crippen LogP contribution is -2.58. The van der Waals surface area contributed by atoms with Crippen LogP contribution in [0.15, 0.2) is 24.5 Å². The van der Waals surface area contributed by atoms with Gasteiger partial charge in [0.1, 0.15) is 0 Å². The van der Waals surface area contributed by atoms with Crippen molar-refractivity contribution in [3.8, 4) is 0 Å². The topological polar surface area (TPSA) is 65.5 Å². The van der Waals surface area contributed by atoms with Crippen LogP contribution in [0.5, 0.6) is 0 Å². The highest BCUT2D eigenvalue weighted by molar-refractivity contribution is 5.82. The molecule has 2 saturated heterocycles. The molecule has 3 heterocycles. The van der Waals surface area contributed by atoms with Crippen LogP contribution in [0.2, 0.25) is 0 Å². The van der Waals surface area contributed by atoms with E-state index < -0.39 is 0 Å². The second kappa shape index (κ2) is 10.4. The van der Waals surface area contributed by atoms with E-state index >= 15 is 0 Å². The number of hydrogen-bond donors (Lipinski definition) is 1. The van der Waals surface area contributed by atoms with Crippen molar-refractivity contribution < 1.29 is 9.59 Å². The fourth-order valence-corrected chi connectivity index (χ4v) is 5.46. The van der Waals surface area contributed by atoms with Crippen molar-refractivity contribution in [2.75, 3.05) is 26.2 Å². The molecule has 0 spiro atoms. The number of hydrogen-bond acceptors (Lipinski definition) is 4. The van der Waals surface area contributed by atoms with Gasteiger partial charge in [-0.2, -0.15) is 0 Å². The van der Waals surface area contributed by atoms with Gasteiger partial charge < -0.3 is 10.2 Å². The lowest BCUT2D eigenvalue weighted by Gasteiger charge is -2.45. The Balaban J connectivity index is 1.53. The summed E-state index contributed by atoms with van der Waals surface area (Å²) in [6.45, 7) is 3.91. The standard InChI is InChI=1S/C24H36N4O2/c29-23-21-11-15-28(24(30)20-9-3-1-4-10-20)18-22(21)27(14-6-2-5-13-26-23)17-19-8-7-12-25-16-19/h7-8,12,16,20-22H,1-6,9-11,13-15,17-18H2,(H,26,29)/t21-,22-/m1/s1. The minimum atomic E-state index is -0.0461. The molecule has 3 aliphatic rings. The molecule has 2 atom stereocenters. The molecule has 4 rings (SSSR count). The Bertz CT molecular complexity index is 704. The molecule has 1 N–H and O–H groups in total. The number of rotatable bonds is 3. The molecule has 164 valence electrons. The van der Waals surface area contributed by atoms with Crippen molar-refractivity contribution in [3.63, 3.8) is 0 Å². The van der Waals surface area contributed by atoms with E-state index in [1.807, 2.05) is 12.3 Å². The lowest BCUT2D eigenvalue weighted by molar-refractivity contribution is -0.143. The van der Waals surface area contributed by atoms with Crippen LogP contribution in [0.3, 0.4) is 0 Å². The molecule has 0 radical (unpaired) electrons. The lowest BCUT2D eigenvalue weighted by atomic mass is 9.85. The monoisotopic (exact) mass is 412 g/mol. The number of nitrogens with zero attached hydrogens (tertiary/aromatic N) is 3. The Morgan fingerprint density at radius 2 is 1.90 bits per heavy atom. The maximum absolute atomic E-state index is 13.2. The van der Waals surface area contributed by atoms with Crippen molar-refractivity contribution >= 4 is 11.8 Å². The molecule has 30 heavy (non-hydrogen) atoms.